The van der Waals surface area contributed by atoms with E-state index in [1.807, 2.05) is 13.8 Å². The fourth-order valence-corrected chi connectivity index (χ4v) is 15.2. The summed E-state index contributed by atoms with van der Waals surface area (Å²) in [5, 5.41) is 140. The van der Waals surface area contributed by atoms with Crippen LogP contribution >= 0.6 is 34.8 Å². The summed E-state index contributed by atoms with van der Waals surface area (Å²) in [7, 11) is 1.47. The first-order valence-corrected chi connectivity index (χ1v) is 39.0. The van der Waals surface area contributed by atoms with Gasteiger partial charge in [-0.15, -0.1) is 0 Å². The lowest BCUT2D eigenvalue weighted by Crippen LogP contribution is -2.65. The number of halogens is 3. The molecule has 642 valence electrons. The Morgan fingerprint density at radius 3 is 1.99 bits per heavy atom. The molecule has 37 nitrogen and oxygen atoms in total. The quantitative estimate of drug-likeness (QED) is 0.0314. The number of pyridine rings is 1. The van der Waals surface area contributed by atoms with Gasteiger partial charge < -0.3 is 128 Å². The maximum Gasteiger partial charge on any atom is 0.270 e. The second-order valence-electron chi connectivity index (χ2n) is 30.1. The number of phenolic OH excluding ortho intramolecular Hbond substituents is 3. The summed E-state index contributed by atoms with van der Waals surface area (Å²) in [6, 6.07) is 7.66. The molecule has 0 saturated carbocycles. The lowest BCUT2D eigenvalue weighted by Gasteiger charge is -2.48. The van der Waals surface area contributed by atoms with Gasteiger partial charge in [-0.1, -0.05) is 79.0 Å². The predicted molar refractivity (Wildman–Crippen MR) is 428 cm³/mol. The van der Waals surface area contributed by atoms with Crippen LogP contribution in [0.25, 0.3) is 17.2 Å². The van der Waals surface area contributed by atoms with E-state index in [1.165, 1.54) is 50.1 Å². The minimum atomic E-state index is -2.39. The summed E-state index contributed by atoms with van der Waals surface area (Å²) >= 11 is 20.3. The number of anilines is 1. The molecule has 1 aromatic heterocycles. The summed E-state index contributed by atoms with van der Waals surface area (Å²) in [5.74, 6) is -16.4. The number of benzene rings is 6. The third-order valence-corrected chi connectivity index (χ3v) is 21.8. The molecule has 0 unspecified atom stereocenters. The number of rotatable bonds is 19. The van der Waals surface area contributed by atoms with Gasteiger partial charge in [0.25, 0.3) is 5.91 Å². The van der Waals surface area contributed by atoms with Gasteiger partial charge >= 0.3 is 0 Å². The zero-order chi connectivity index (χ0) is 87.3. The highest BCUT2D eigenvalue weighted by molar-refractivity contribution is 6.32. The van der Waals surface area contributed by atoms with E-state index in [0.29, 0.717) is 21.8 Å². The van der Waals surface area contributed by atoms with E-state index in [0.717, 1.165) is 66.7 Å². The number of ether oxygens (including phenoxy) is 6. The Bertz CT molecular complexity index is 5170. The second kappa shape index (κ2) is 37.7. The number of fused-ring (bicyclic) bond motifs is 15. The third-order valence-electron chi connectivity index (χ3n) is 20.9. The van der Waals surface area contributed by atoms with Crippen molar-refractivity contribution in [2.24, 2.45) is 11.7 Å². The Morgan fingerprint density at radius 2 is 1.36 bits per heavy atom. The molecule has 7 aliphatic heterocycles. The van der Waals surface area contributed by atoms with Crippen molar-refractivity contribution in [2.75, 3.05) is 19.0 Å². The van der Waals surface area contributed by atoms with Crippen molar-refractivity contribution in [3.63, 3.8) is 0 Å². The van der Waals surface area contributed by atoms with Crippen molar-refractivity contribution in [3.8, 4) is 57.1 Å². The van der Waals surface area contributed by atoms with Crippen molar-refractivity contribution in [3.05, 3.63) is 182 Å². The van der Waals surface area contributed by atoms with Crippen molar-refractivity contribution < 1.29 is 123 Å². The molecular weight excluding hydrogens is 1650 g/mol. The number of aromatic nitrogens is 1. The predicted octanol–water partition coefficient (Wildman–Crippen LogP) is 3.06. The number of amides is 9. The number of phenols is 3. The molecule has 6 aromatic carbocycles. The number of aliphatic hydroxyl groups is 6. The van der Waals surface area contributed by atoms with Crippen molar-refractivity contribution in [2.45, 2.75) is 163 Å². The van der Waals surface area contributed by atoms with Gasteiger partial charge in [0.15, 0.2) is 23.9 Å². The summed E-state index contributed by atoms with van der Waals surface area (Å²) in [4.78, 5) is 136. The van der Waals surface area contributed by atoms with Crippen LogP contribution < -0.4 is 73.3 Å². The van der Waals surface area contributed by atoms with Crippen LogP contribution in [0.2, 0.25) is 15.1 Å². The molecule has 121 heavy (non-hydrogen) atoms. The Morgan fingerprint density at radius 1 is 0.711 bits per heavy atom. The molecule has 22 N–H and O–H groups in total. The lowest BCUT2D eigenvalue weighted by atomic mass is 9.84. The SMILES string of the molecule is CN[C@H](CC(C)C)C(=O)N[C@H]1C(=O)N[C@@H](CC(N)=O)C(=O)N[C@H]2C(=O)N[C@H]3C(=O)N[C@H](C(=O)N[C@@H](C(=O)NO)c4cc(O)cc(O)c4-c4cc3ccc4O)[C@H](O)c3ccc(c(Cl)c3)Oc3cc2cc(c3O[C@@H]2O[C@H](CO)[C@@H](O)[C@H](O)[C@H]2O[C@H]2C[C@](C)(NCc3cncc(NC(=O)/C=C/c4ccc(Cl)cc4)c3)[C@H](O)[C@H](C)O2)Oc2ccc(cc2Cl)[C@H]1O. The molecule has 0 radical (unpaired) electrons. The van der Waals surface area contributed by atoms with E-state index in [1.54, 1.807) is 43.3 Å². The number of nitrogens with two attached hydrogens (primary N) is 1. The van der Waals surface area contributed by atoms with E-state index in [9.17, 15) is 75.1 Å². The van der Waals surface area contributed by atoms with Crippen LogP contribution in [0.5, 0.6) is 46.0 Å². The molecule has 18 atom stereocenters. The first-order chi connectivity index (χ1) is 57.5. The van der Waals surface area contributed by atoms with E-state index in [2.05, 4.69) is 52.8 Å². The van der Waals surface area contributed by atoms with Gasteiger partial charge in [0.1, 0.15) is 95.5 Å². The van der Waals surface area contributed by atoms with E-state index in [4.69, 9.17) is 69.0 Å². The first-order valence-electron chi connectivity index (χ1n) is 37.8. The molecule has 2 fully saturated rings. The van der Waals surface area contributed by atoms with Crippen LogP contribution in [0.1, 0.15) is 116 Å². The van der Waals surface area contributed by atoms with Gasteiger partial charge in [-0.3, -0.25) is 53.3 Å². The normalized spacial score (nSPS) is 26.5. The zero-order valence-corrected chi connectivity index (χ0v) is 67.2. The van der Waals surface area contributed by atoms with Gasteiger partial charge in [-0.25, -0.2) is 5.48 Å². The molecule has 14 rings (SSSR count). The average molecular weight is 1740 g/mol. The highest BCUT2D eigenvalue weighted by Gasteiger charge is 2.52. The van der Waals surface area contributed by atoms with Crippen LogP contribution in [-0.2, 0) is 63.9 Å². The Hall–Kier alpha value is -11.4. The Kier molecular flexibility index (Phi) is 27.7. The van der Waals surface area contributed by atoms with Crippen LogP contribution in [-0.4, -0.2) is 202 Å². The summed E-state index contributed by atoms with van der Waals surface area (Å²) < 4.78 is 39.4. The van der Waals surface area contributed by atoms with Gasteiger partial charge in [0.05, 0.1) is 53.2 Å². The molecule has 8 heterocycles. The van der Waals surface area contributed by atoms with Gasteiger partial charge in [-0.2, -0.15) is 0 Å². The molecule has 40 heteroatoms. The molecule has 0 spiro atoms. The molecular formula is C81H87Cl3N12O25. The van der Waals surface area contributed by atoms with E-state index in [-0.39, 0.29) is 52.8 Å². The van der Waals surface area contributed by atoms with Crippen molar-refractivity contribution in [1.29, 1.82) is 0 Å². The summed E-state index contributed by atoms with van der Waals surface area (Å²) in [6.45, 7) is 5.79. The number of primary amides is 1. The minimum Gasteiger partial charge on any atom is -0.508 e. The monoisotopic (exact) mass is 1730 g/mol. The smallest absolute Gasteiger partial charge is 0.270 e. The second-order valence-corrected chi connectivity index (χ2v) is 31.3. The fraction of sp³-hybridized carbons (Fsp3) is 0.358. The summed E-state index contributed by atoms with van der Waals surface area (Å²) in [6.07, 6.45) is -13.4. The number of hydrogen-bond acceptors (Lipinski definition) is 28. The summed E-state index contributed by atoms with van der Waals surface area (Å²) in [5.41, 5.74) is 4.49. The molecule has 7 aromatic rings. The molecule has 0 aliphatic carbocycles. The first kappa shape index (κ1) is 88.9. The standard InChI is InChI=1S/C81H87Cl3N12O25/c1-33(2)18-48(86-5)73(108)94-64-66(103)38-10-15-52(46(83)21-38)117-54-23-40-24-55(70(54)121-80-71(69(106)68(105)56(32-97)119-80)120-59-28-81(4,72(107)34(3)116-59)88-30-36-19-42(31-87-29-36)89-58(102)17-8-35-6-12-41(82)13-7-35)118-53-16-11-39(22-47(53)84)67(104)65-78(113)93-63(79(114)96-115)45-25-43(98)26-51(100)60(45)44-20-37(9-14-50(44)99)61(75(110)95-65)92-76(111)62(40)91-74(109)49(27-57(85)101)90-77(64)112/h6-17,19-26,29,31,33-34,48-49,56,59,61-69,71-72,80,86,88,97-100,103-107,115H,18,27-28,30,32H2,1-5H3,(H2,85,101)(H,89,102)(H,90,112)(H,91,109)(H,92,111)(H,93,113)(H,94,108)(H,95,110)(H,96,114)/b17-8+/t34-,48+,49-,56+,59-,61+,62+,63+,64+,65-,66+,67+,68+,69-,71+,72+,80-,81-/m0/s1. The number of hydrogen-bond donors (Lipinski definition) is 21. The molecule has 11 bridgehead atoms. The fourth-order valence-electron chi connectivity index (χ4n) is 14.6. The number of carbonyl (C=O) groups excluding carboxylic acids is 9. The maximum atomic E-state index is 16.3. The number of aromatic hydroxyl groups is 3. The number of nitrogens with one attached hydrogen (secondary N) is 10. The van der Waals surface area contributed by atoms with Crippen molar-refractivity contribution in [1.82, 2.24) is 53.0 Å². The van der Waals surface area contributed by atoms with Crippen LogP contribution in [0.3, 0.4) is 0 Å². The Balaban J connectivity index is 1.01. The topological polar surface area (TPSA) is 571 Å². The number of nitrogens with zero attached hydrogens (tertiary/aromatic N) is 1. The largest absolute Gasteiger partial charge is 0.508 e. The highest BCUT2D eigenvalue weighted by Crippen LogP contribution is 2.50. The number of likely N-dealkylation sites (N-methyl/N-ethyl adjacent to an activating group) is 1. The van der Waals surface area contributed by atoms with Gasteiger partial charge in [0, 0.05) is 53.0 Å². The van der Waals surface area contributed by atoms with E-state index < -0.39 is 243 Å². The molecule has 7 aliphatic rings. The lowest BCUT2D eigenvalue weighted by molar-refractivity contribution is -0.334. The van der Waals surface area contributed by atoms with Gasteiger partial charge in [-0.05, 0) is 151 Å². The van der Waals surface area contributed by atoms with Gasteiger partial charge in [0.2, 0.25) is 59.3 Å². The number of carbonyl (C=O) groups is 9. The van der Waals surface area contributed by atoms with Crippen LogP contribution in [0.4, 0.5) is 5.69 Å². The van der Waals surface area contributed by atoms with Crippen molar-refractivity contribution >= 4 is 99.7 Å². The van der Waals surface area contributed by atoms with Crippen LogP contribution in [0, 0.1) is 5.92 Å². The average Bonchev–Trinajstić information content (AvgIpc) is 0.771. The maximum absolute atomic E-state index is 16.3. The van der Waals surface area contributed by atoms with Crippen LogP contribution in [0.15, 0.2) is 128 Å². The van der Waals surface area contributed by atoms with E-state index >= 15 is 19.2 Å². The highest BCUT2D eigenvalue weighted by atomic mass is 35.5. The Labute approximate surface area is 704 Å². The number of hydroxylamine groups is 1. The molecule has 2 saturated heterocycles. The molecule has 9 amide bonds. The zero-order valence-electron chi connectivity index (χ0n) is 64.9. The third kappa shape index (κ3) is 20.1. The minimum absolute atomic E-state index is 0.00515. The number of aliphatic hydroxyl groups excluding tert-OH is 6.